The molecule has 3 aliphatic carbocycles. The van der Waals surface area contributed by atoms with E-state index in [9.17, 15) is 14.4 Å². The highest BCUT2D eigenvalue weighted by Crippen LogP contribution is 2.52. The predicted molar refractivity (Wildman–Crippen MR) is 95.8 cm³/mol. The summed E-state index contributed by atoms with van der Waals surface area (Å²) < 4.78 is 6.33. The summed E-state index contributed by atoms with van der Waals surface area (Å²) in [4.78, 5) is 39.0. The van der Waals surface area contributed by atoms with E-state index < -0.39 is 5.72 Å². The van der Waals surface area contributed by atoms with Crippen LogP contribution in [0.15, 0.2) is 24.3 Å². The van der Waals surface area contributed by atoms with E-state index in [4.69, 9.17) is 4.74 Å². The molecule has 6 rings (SSSR count). The third-order valence-electron chi connectivity index (χ3n) is 6.63. The van der Waals surface area contributed by atoms with Crippen LogP contribution in [0.25, 0.3) is 0 Å². The first-order valence-electron chi connectivity index (χ1n) is 9.72. The zero-order valence-corrected chi connectivity index (χ0v) is 15.1. The number of rotatable bonds is 1. The number of fused-ring (bicyclic) bond motifs is 3. The molecule has 2 aliphatic heterocycles. The monoisotopic (exact) mass is 369 g/mol. The lowest BCUT2D eigenvalue weighted by Gasteiger charge is -2.55. The van der Waals surface area contributed by atoms with Gasteiger partial charge >= 0.3 is 0 Å². The molecule has 4 fully saturated rings. The Morgan fingerprint density at radius 1 is 1.22 bits per heavy atom. The molecule has 1 saturated heterocycles. The molecule has 142 valence electrons. The number of carbonyl (C=O) groups excluding carboxylic acids is 3. The molecule has 7 heteroatoms. The fraction of sp³-hybridized carbons (Fsp3) is 0.550. The van der Waals surface area contributed by atoms with Crippen LogP contribution in [0, 0.1) is 17.8 Å². The van der Waals surface area contributed by atoms with Gasteiger partial charge in [-0.25, -0.2) is 0 Å². The van der Waals surface area contributed by atoms with Crippen molar-refractivity contribution >= 4 is 17.7 Å². The third-order valence-corrected chi connectivity index (χ3v) is 6.63. The molecule has 1 spiro atoms. The van der Waals surface area contributed by atoms with Crippen LogP contribution in [0.5, 0.6) is 5.75 Å². The first-order chi connectivity index (χ1) is 13.1. The predicted octanol–water partition coefficient (Wildman–Crippen LogP) is 0.900. The van der Waals surface area contributed by atoms with Crippen molar-refractivity contribution in [3.05, 3.63) is 29.8 Å². The van der Waals surface area contributed by atoms with Crippen LogP contribution in [0.3, 0.4) is 0 Å². The minimum Gasteiger partial charge on any atom is -0.467 e. The quantitative estimate of drug-likeness (QED) is 0.770. The van der Waals surface area contributed by atoms with Crippen molar-refractivity contribution in [2.45, 2.75) is 31.4 Å². The summed E-state index contributed by atoms with van der Waals surface area (Å²) in [6.07, 6.45) is 3.25. The first-order valence-corrected chi connectivity index (χ1v) is 9.72. The topological polar surface area (TPSA) is 87.7 Å². The van der Waals surface area contributed by atoms with E-state index in [1.54, 1.807) is 11.0 Å². The highest BCUT2D eigenvalue weighted by molar-refractivity contribution is 5.98. The minimum absolute atomic E-state index is 0.0805. The molecule has 0 aromatic heterocycles. The average Bonchev–Trinajstić information content (AvgIpc) is 2.68. The summed E-state index contributed by atoms with van der Waals surface area (Å²) in [5.41, 5.74) is -0.138. The van der Waals surface area contributed by atoms with Crippen molar-refractivity contribution in [1.82, 2.24) is 15.5 Å². The number of para-hydroxylation sites is 1. The van der Waals surface area contributed by atoms with Crippen LogP contribution >= 0.6 is 0 Å². The molecule has 1 aromatic carbocycles. The minimum atomic E-state index is -0.704. The second kappa shape index (κ2) is 5.97. The van der Waals surface area contributed by atoms with Crippen LogP contribution in [0.2, 0.25) is 0 Å². The Hall–Kier alpha value is -2.57. The zero-order chi connectivity index (χ0) is 18.6. The second-order valence-electron chi connectivity index (χ2n) is 8.13. The Labute approximate surface area is 157 Å². The van der Waals surface area contributed by atoms with E-state index in [0.717, 1.165) is 12.8 Å². The molecule has 0 radical (unpaired) electrons. The Balaban J connectivity index is 1.37. The number of nitrogens with zero attached hydrogens (tertiary/aromatic N) is 1. The van der Waals surface area contributed by atoms with E-state index in [1.807, 2.05) is 18.2 Å². The van der Waals surface area contributed by atoms with Crippen molar-refractivity contribution in [3.63, 3.8) is 0 Å². The number of nitrogens with one attached hydrogen (secondary N) is 2. The Morgan fingerprint density at radius 2 is 2.07 bits per heavy atom. The molecular weight excluding hydrogens is 346 g/mol. The van der Waals surface area contributed by atoms with Crippen LogP contribution in [0.4, 0.5) is 0 Å². The van der Waals surface area contributed by atoms with Gasteiger partial charge in [-0.2, -0.15) is 0 Å². The Kier molecular flexibility index (Phi) is 3.67. The van der Waals surface area contributed by atoms with Crippen LogP contribution in [-0.2, 0) is 9.59 Å². The van der Waals surface area contributed by atoms with Gasteiger partial charge in [-0.05, 0) is 37.3 Å². The van der Waals surface area contributed by atoms with Gasteiger partial charge in [-0.3, -0.25) is 14.4 Å². The molecular formula is C20H23N3O4. The molecule has 3 saturated carbocycles. The molecule has 2 bridgehead atoms. The molecule has 7 nitrogen and oxygen atoms in total. The molecule has 5 aliphatic rings. The molecule has 1 aromatic rings. The first kappa shape index (κ1) is 16.6. The maximum absolute atomic E-state index is 13.0. The summed E-state index contributed by atoms with van der Waals surface area (Å²) in [5.74, 6) is 0.705. The van der Waals surface area contributed by atoms with Gasteiger partial charge in [-0.1, -0.05) is 12.1 Å². The lowest BCUT2D eigenvalue weighted by Crippen LogP contribution is -2.67. The normalized spacial score (nSPS) is 34.5. The fourth-order valence-corrected chi connectivity index (χ4v) is 5.32. The summed E-state index contributed by atoms with van der Waals surface area (Å²) in [6.45, 7) is 1.24. The van der Waals surface area contributed by atoms with E-state index in [1.165, 1.54) is 0 Å². The average molecular weight is 369 g/mol. The van der Waals surface area contributed by atoms with Gasteiger partial charge in [0, 0.05) is 31.3 Å². The maximum atomic E-state index is 13.0. The lowest BCUT2D eigenvalue weighted by atomic mass is 9.59. The number of amides is 3. The fourth-order valence-electron chi connectivity index (χ4n) is 5.32. The smallest absolute Gasteiger partial charge is 0.258 e. The Bertz CT molecular complexity index is 825. The zero-order valence-electron chi connectivity index (χ0n) is 15.1. The molecule has 2 N–H and O–H groups in total. The maximum Gasteiger partial charge on any atom is 0.258 e. The van der Waals surface area contributed by atoms with Crippen LogP contribution < -0.4 is 15.4 Å². The highest BCUT2D eigenvalue weighted by Gasteiger charge is 2.57. The van der Waals surface area contributed by atoms with E-state index >= 15 is 0 Å². The van der Waals surface area contributed by atoms with Gasteiger partial charge in [0.1, 0.15) is 5.75 Å². The number of hydrogen-bond acceptors (Lipinski definition) is 4. The highest BCUT2D eigenvalue weighted by atomic mass is 16.5. The number of carbonyl (C=O) groups is 3. The lowest BCUT2D eigenvalue weighted by molar-refractivity contribution is -0.158. The van der Waals surface area contributed by atoms with Gasteiger partial charge in [-0.15, -0.1) is 0 Å². The summed E-state index contributed by atoms with van der Waals surface area (Å²) in [6, 6.07) is 7.32. The Morgan fingerprint density at radius 3 is 2.85 bits per heavy atom. The second-order valence-corrected chi connectivity index (χ2v) is 8.13. The number of piperazine rings is 1. The summed E-state index contributed by atoms with van der Waals surface area (Å²) in [5, 5.41) is 5.88. The van der Waals surface area contributed by atoms with Crippen molar-refractivity contribution in [3.8, 4) is 5.75 Å². The number of hydrogen-bond donors (Lipinski definition) is 2. The molecule has 27 heavy (non-hydrogen) atoms. The van der Waals surface area contributed by atoms with Crippen molar-refractivity contribution in [2.24, 2.45) is 17.8 Å². The standard InChI is InChI=1S/C20H23N3O4/c24-17-11-23(8-7-21-17)19(26)15-9-13-6-5-12(15)10-20(13)22-18(25)14-3-1-2-4-16(14)27-20/h1-4,12-13,15H,5-11H2,(H,21,24)(H,22,25). The third kappa shape index (κ3) is 2.59. The molecule has 3 amide bonds. The molecule has 4 unspecified atom stereocenters. The van der Waals surface area contributed by atoms with Crippen molar-refractivity contribution in [2.75, 3.05) is 19.6 Å². The van der Waals surface area contributed by atoms with E-state index in [0.29, 0.717) is 37.2 Å². The van der Waals surface area contributed by atoms with E-state index in [-0.39, 0.29) is 42.0 Å². The van der Waals surface area contributed by atoms with Gasteiger partial charge < -0.3 is 20.3 Å². The summed E-state index contributed by atoms with van der Waals surface area (Å²) >= 11 is 0. The van der Waals surface area contributed by atoms with Crippen molar-refractivity contribution in [1.29, 1.82) is 0 Å². The van der Waals surface area contributed by atoms with Crippen LogP contribution in [0.1, 0.15) is 36.0 Å². The largest absolute Gasteiger partial charge is 0.467 e. The number of ether oxygens (including phenoxy) is 1. The van der Waals surface area contributed by atoms with Crippen LogP contribution in [-0.4, -0.2) is 48.0 Å². The van der Waals surface area contributed by atoms with Crippen molar-refractivity contribution < 1.29 is 19.1 Å². The summed E-state index contributed by atoms with van der Waals surface area (Å²) in [7, 11) is 0. The van der Waals surface area contributed by atoms with Gasteiger partial charge in [0.2, 0.25) is 11.8 Å². The number of benzene rings is 1. The van der Waals surface area contributed by atoms with E-state index in [2.05, 4.69) is 10.6 Å². The van der Waals surface area contributed by atoms with Gasteiger partial charge in [0.05, 0.1) is 12.1 Å². The van der Waals surface area contributed by atoms with Gasteiger partial charge in [0.15, 0.2) is 5.72 Å². The molecule has 2 heterocycles. The SMILES string of the molecule is O=C1CN(C(=O)C2CC3CCC2CC32NC(=O)c3ccccc3O2)CCN1. The molecule has 4 atom stereocenters. The van der Waals surface area contributed by atoms with Gasteiger partial charge in [0.25, 0.3) is 5.91 Å².